The minimum Gasteiger partial charge on any atom is -0.497 e. The molecule has 0 saturated heterocycles. The highest BCUT2D eigenvalue weighted by atomic mass is 16.5. The van der Waals surface area contributed by atoms with Crippen LogP contribution in [0.2, 0.25) is 0 Å². The standard InChI is InChI=1S/C24H32N4O2/c1-5-7-13-27(6-2)24-19-9-8-10-20(19)25-23-22(21(15-29)26-28(23)24)18-12-11-17(30-4)14-16(18)3/h11-12,14,29H,5-10,13,15H2,1-4H3. The number of aliphatic hydroxyl groups is 1. The fourth-order valence-electron chi connectivity index (χ4n) is 4.57. The lowest BCUT2D eigenvalue weighted by molar-refractivity contribution is 0.277. The van der Waals surface area contributed by atoms with Crippen molar-refractivity contribution in [1.29, 1.82) is 0 Å². The van der Waals surface area contributed by atoms with Crippen LogP contribution in [-0.2, 0) is 19.4 Å². The van der Waals surface area contributed by atoms with Crippen molar-refractivity contribution in [2.45, 2.75) is 59.5 Å². The van der Waals surface area contributed by atoms with Crippen molar-refractivity contribution >= 4 is 11.5 Å². The molecule has 2 heterocycles. The molecule has 0 radical (unpaired) electrons. The highest BCUT2D eigenvalue weighted by Crippen LogP contribution is 2.38. The number of benzene rings is 1. The van der Waals surface area contributed by atoms with Gasteiger partial charge in [0.1, 0.15) is 11.6 Å². The third-order valence-corrected chi connectivity index (χ3v) is 6.15. The van der Waals surface area contributed by atoms with Crippen LogP contribution in [0.1, 0.15) is 55.6 Å². The lowest BCUT2D eigenvalue weighted by Crippen LogP contribution is -2.28. The van der Waals surface area contributed by atoms with E-state index in [4.69, 9.17) is 14.8 Å². The van der Waals surface area contributed by atoms with E-state index in [1.807, 2.05) is 22.7 Å². The molecule has 2 aromatic heterocycles. The van der Waals surface area contributed by atoms with Crippen LogP contribution in [0.4, 0.5) is 5.82 Å². The van der Waals surface area contributed by atoms with Crippen LogP contribution in [0.25, 0.3) is 16.8 Å². The van der Waals surface area contributed by atoms with E-state index in [-0.39, 0.29) is 6.61 Å². The van der Waals surface area contributed by atoms with Crippen LogP contribution in [-0.4, -0.2) is 39.9 Å². The zero-order chi connectivity index (χ0) is 21.3. The zero-order valence-electron chi connectivity index (χ0n) is 18.5. The second-order valence-electron chi connectivity index (χ2n) is 8.04. The molecule has 1 aliphatic rings. The normalized spacial score (nSPS) is 13.1. The molecular formula is C24H32N4O2. The fraction of sp³-hybridized carbons (Fsp3) is 0.500. The highest BCUT2D eigenvalue weighted by molar-refractivity contribution is 5.84. The molecule has 0 aliphatic heterocycles. The molecule has 1 aliphatic carbocycles. The van der Waals surface area contributed by atoms with Crippen LogP contribution in [0.15, 0.2) is 18.2 Å². The van der Waals surface area contributed by atoms with Crippen molar-refractivity contribution in [2.24, 2.45) is 0 Å². The number of fused-ring (bicyclic) bond motifs is 2. The Labute approximate surface area is 178 Å². The number of unbranched alkanes of at least 4 members (excludes halogenated alkanes) is 1. The van der Waals surface area contributed by atoms with E-state index in [0.717, 1.165) is 79.1 Å². The lowest BCUT2D eigenvalue weighted by atomic mass is 10.00. The Hall–Kier alpha value is -2.60. The van der Waals surface area contributed by atoms with Gasteiger partial charge in [-0.25, -0.2) is 4.98 Å². The Balaban J connectivity index is 1.98. The van der Waals surface area contributed by atoms with E-state index < -0.39 is 0 Å². The summed E-state index contributed by atoms with van der Waals surface area (Å²) in [5.41, 5.74) is 7.09. The maximum absolute atomic E-state index is 10.2. The van der Waals surface area contributed by atoms with Crippen LogP contribution in [0.3, 0.4) is 0 Å². The zero-order valence-corrected chi connectivity index (χ0v) is 18.5. The molecule has 4 rings (SSSR count). The molecular weight excluding hydrogens is 376 g/mol. The van der Waals surface area contributed by atoms with E-state index in [9.17, 15) is 5.11 Å². The molecule has 1 aromatic carbocycles. The van der Waals surface area contributed by atoms with Gasteiger partial charge in [0.05, 0.1) is 25.0 Å². The first-order valence-corrected chi connectivity index (χ1v) is 11.1. The second kappa shape index (κ2) is 8.64. The second-order valence-corrected chi connectivity index (χ2v) is 8.04. The quantitative estimate of drug-likeness (QED) is 0.601. The van der Waals surface area contributed by atoms with Crippen molar-refractivity contribution in [3.05, 3.63) is 40.7 Å². The number of hydrogen-bond donors (Lipinski definition) is 1. The Morgan fingerprint density at radius 3 is 2.73 bits per heavy atom. The van der Waals surface area contributed by atoms with Gasteiger partial charge in [-0.15, -0.1) is 0 Å². The Kier molecular flexibility index (Phi) is 5.95. The van der Waals surface area contributed by atoms with Crippen LogP contribution in [0.5, 0.6) is 5.75 Å². The molecule has 30 heavy (non-hydrogen) atoms. The van der Waals surface area contributed by atoms with Crippen LogP contribution < -0.4 is 9.64 Å². The summed E-state index contributed by atoms with van der Waals surface area (Å²) >= 11 is 0. The summed E-state index contributed by atoms with van der Waals surface area (Å²) in [6.45, 7) is 8.31. The number of anilines is 1. The molecule has 0 unspecified atom stereocenters. The van der Waals surface area contributed by atoms with Gasteiger partial charge in [0.2, 0.25) is 0 Å². The molecule has 0 bridgehead atoms. The fourth-order valence-corrected chi connectivity index (χ4v) is 4.57. The van der Waals surface area contributed by atoms with Crippen molar-refractivity contribution in [3.8, 4) is 16.9 Å². The van der Waals surface area contributed by atoms with Gasteiger partial charge in [0, 0.05) is 24.3 Å². The Morgan fingerprint density at radius 1 is 1.23 bits per heavy atom. The molecule has 0 spiro atoms. The molecule has 0 amide bonds. The van der Waals surface area contributed by atoms with Gasteiger partial charge in [-0.05, 0) is 62.8 Å². The number of rotatable bonds is 8. The molecule has 1 N–H and O–H groups in total. The first kappa shape index (κ1) is 20.7. The van der Waals surface area contributed by atoms with Crippen molar-refractivity contribution < 1.29 is 9.84 Å². The van der Waals surface area contributed by atoms with E-state index in [0.29, 0.717) is 5.69 Å². The molecule has 0 fully saturated rings. The van der Waals surface area contributed by atoms with Gasteiger partial charge in [-0.2, -0.15) is 9.61 Å². The van der Waals surface area contributed by atoms with E-state index in [2.05, 4.69) is 25.7 Å². The summed E-state index contributed by atoms with van der Waals surface area (Å²) in [6, 6.07) is 6.03. The minimum atomic E-state index is -0.116. The van der Waals surface area contributed by atoms with E-state index in [1.165, 1.54) is 11.3 Å². The van der Waals surface area contributed by atoms with Gasteiger partial charge in [-0.1, -0.05) is 19.4 Å². The largest absolute Gasteiger partial charge is 0.497 e. The number of aliphatic hydroxyl groups excluding tert-OH is 1. The maximum Gasteiger partial charge on any atom is 0.165 e. The van der Waals surface area contributed by atoms with Crippen molar-refractivity contribution in [1.82, 2.24) is 14.6 Å². The van der Waals surface area contributed by atoms with E-state index in [1.54, 1.807) is 7.11 Å². The predicted molar refractivity (Wildman–Crippen MR) is 120 cm³/mol. The topological polar surface area (TPSA) is 62.9 Å². The van der Waals surface area contributed by atoms with Gasteiger partial charge in [-0.3, -0.25) is 0 Å². The monoisotopic (exact) mass is 408 g/mol. The summed E-state index contributed by atoms with van der Waals surface area (Å²) in [5, 5.41) is 15.0. The summed E-state index contributed by atoms with van der Waals surface area (Å²) in [4.78, 5) is 7.51. The average molecular weight is 409 g/mol. The SMILES string of the molecule is CCCCN(CC)c1c2c(nc3c(-c4ccc(OC)cc4C)c(CO)nn13)CCC2. The maximum atomic E-state index is 10.2. The van der Waals surface area contributed by atoms with E-state index >= 15 is 0 Å². The van der Waals surface area contributed by atoms with Gasteiger partial charge in [0.25, 0.3) is 0 Å². The molecule has 0 atom stereocenters. The smallest absolute Gasteiger partial charge is 0.165 e. The van der Waals surface area contributed by atoms with Crippen molar-refractivity contribution in [3.63, 3.8) is 0 Å². The van der Waals surface area contributed by atoms with Crippen molar-refractivity contribution in [2.75, 3.05) is 25.1 Å². The Morgan fingerprint density at radius 2 is 2.07 bits per heavy atom. The number of aryl methyl sites for hydroxylation is 2. The molecule has 6 heteroatoms. The molecule has 0 saturated carbocycles. The third kappa shape index (κ3) is 3.43. The van der Waals surface area contributed by atoms with Gasteiger partial charge < -0.3 is 14.7 Å². The summed E-state index contributed by atoms with van der Waals surface area (Å²) in [7, 11) is 1.68. The highest BCUT2D eigenvalue weighted by Gasteiger charge is 2.27. The summed E-state index contributed by atoms with van der Waals surface area (Å²) < 4.78 is 7.38. The minimum absolute atomic E-state index is 0.116. The van der Waals surface area contributed by atoms with Crippen LogP contribution >= 0.6 is 0 Å². The summed E-state index contributed by atoms with van der Waals surface area (Å²) in [6.07, 6.45) is 5.49. The molecule has 3 aromatic rings. The lowest BCUT2D eigenvalue weighted by Gasteiger charge is -2.26. The third-order valence-electron chi connectivity index (χ3n) is 6.15. The molecule has 160 valence electrons. The Bertz CT molecular complexity index is 1060. The number of ether oxygens (including phenoxy) is 1. The summed E-state index contributed by atoms with van der Waals surface area (Å²) in [5.74, 6) is 1.99. The number of hydrogen-bond acceptors (Lipinski definition) is 5. The first-order valence-electron chi connectivity index (χ1n) is 11.1. The van der Waals surface area contributed by atoms with Gasteiger partial charge in [0.15, 0.2) is 5.65 Å². The first-order chi connectivity index (χ1) is 14.6. The van der Waals surface area contributed by atoms with Gasteiger partial charge >= 0.3 is 0 Å². The average Bonchev–Trinajstić information content (AvgIpc) is 3.37. The number of methoxy groups -OCH3 is 1. The predicted octanol–water partition coefficient (Wildman–Crippen LogP) is 4.32. The van der Waals surface area contributed by atoms with Crippen LogP contribution in [0, 0.1) is 6.92 Å². The molecule has 6 nitrogen and oxygen atoms in total. The number of aromatic nitrogens is 3. The number of nitrogens with zero attached hydrogens (tertiary/aromatic N) is 4.